The fourth-order valence-corrected chi connectivity index (χ4v) is 6.56. The summed E-state index contributed by atoms with van der Waals surface area (Å²) >= 11 is 1.51. The molecule has 2 atom stereocenters. The monoisotopic (exact) mass is 506 g/mol. The Kier molecular flexibility index (Phi) is 7.67. The van der Waals surface area contributed by atoms with Crippen LogP contribution in [0.5, 0.6) is 0 Å². The van der Waals surface area contributed by atoms with E-state index in [0.717, 1.165) is 8.88 Å². The maximum atomic E-state index is 14.7. The van der Waals surface area contributed by atoms with E-state index in [2.05, 4.69) is 0 Å². The number of benzene rings is 1. The van der Waals surface area contributed by atoms with Crippen molar-refractivity contribution in [2.24, 2.45) is 5.92 Å². The number of hydrogen-bond donors (Lipinski definition) is 0. The minimum absolute atomic E-state index is 0.102. The van der Waals surface area contributed by atoms with Gasteiger partial charge in [0.05, 0.1) is 12.2 Å². The van der Waals surface area contributed by atoms with E-state index in [0.29, 0.717) is 5.56 Å². The van der Waals surface area contributed by atoms with Gasteiger partial charge in [0.1, 0.15) is 16.7 Å². The molecular weight excluding hydrogens is 475 g/mol. The number of carbonyl (C=O) groups is 1. The van der Waals surface area contributed by atoms with Crippen LogP contribution in [0.4, 0.5) is 9.18 Å². The van der Waals surface area contributed by atoms with Crippen molar-refractivity contribution in [1.82, 2.24) is 8.87 Å². The quantitative estimate of drug-likeness (QED) is 0.506. The van der Waals surface area contributed by atoms with E-state index >= 15 is 0 Å². The van der Waals surface area contributed by atoms with Crippen LogP contribution >= 0.6 is 11.8 Å². The normalized spacial score (nSPS) is 18.5. The molecule has 0 spiro atoms. The molecule has 0 aliphatic heterocycles. The van der Waals surface area contributed by atoms with Gasteiger partial charge in [-0.25, -0.2) is 21.6 Å². The Hall–Kier alpha value is -2.52. The molecule has 1 heterocycles. The zero-order valence-corrected chi connectivity index (χ0v) is 21.9. The molecule has 0 saturated heterocycles. The molecule has 3 rings (SSSR count). The third kappa shape index (κ3) is 5.58. The summed E-state index contributed by atoms with van der Waals surface area (Å²) < 4.78 is 49.0. The Labute approximate surface area is 205 Å². The van der Waals surface area contributed by atoms with Crippen molar-refractivity contribution < 1.29 is 22.3 Å². The SMILES string of the molecule is CSC1=CC=CC(S(=O)(=O)n2cc(CN(C)C(=O)OC(C)(C)C)cc2-c2ccccc2F)C1C. The van der Waals surface area contributed by atoms with Crippen molar-refractivity contribution >= 4 is 27.9 Å². The first-order valence-corrected chi connectivity index (χ1v) is 13.6. The van der Waals surface area contributed by atoms with Crippen LogP contribution < -0.4 is 0 Å². The second-order valence-electron chi connectivity index (χ2n) is 9.30. The maximum Gasteiger partial charge on any atom is 0.410 e. The van der Waals surface area contributed by atoms with Gasteiger partial charge in [-0.3, -0.25) is 0 Å². The number of hydrogen-bond acceptors (Lipinski definition) is 5. The van der Waals surface area contributed by atoms with Crippen molar-refractivity contribution in [2.45, 2.75) is 45.1 Å². The average Bonchev–Trinajstić information content (AvgIpc) is 3.17. The van der Waals surface area contributed by atoms with Gasteiger partial charge >= 0.3 is 6.09 Å². The van der Waals surface area contributed by atoms with E-state index in [9.17, 15) is 17.6 Å². The smallest absolute Gasteiger partial charge is 0.410 e. The Morgan fingerprint density at radius 3 is 2.56 bits per heavy atom. The number of amides is 1. The molecule has 1 aliphatic carbocycles. The topological polar surface area (TPSA) is 68.6 Å². The third-order valence-electron chi connectivity index (χ3n) is 5.47. The van der Waals surface area contributed by atoms with Crippen LogP contribution in [0.25, 0.3) is 11.3 Å². The zero-order valence-electron chi connectivity index (χ0n) is 20.3. The van der Waals surface area contributed by atoms with Gasteiger partial charge in [0.2, 0.25) is 10.0 Å². The summed E-state index contributed by atoms with van der Waals surface area (Å²) in [6.07, 6.45) is 8.17. The van der Waals surface area contributed by atoms with Crippen molar-refractivity contribution in [3.8, 4) is 11.3 Å². The summed E-state index contributed by atoms with van der Waals surface area (Å²) in [6.45, 7) is 7.29. The van der Waals surface area contributed by atoms with E-state index in [1.165, 1.54) is 28.9 Å². The van der Waals surface area contributed by atoms with Gasteiger partial charge in [0.25, 0.3) is 0 Å². The Bertz CT molecular complexity index is 1230. The van der Waals surface area contributed by atoms with Crippen molar-refractivity contribution in [2.75, 3.05) is 13.3 Å². The molecule has 2 aromatic rings. The molecule has 184 valence electrons. The highest BCUT2D eigenvalue weighted by Crippen LogP contribution is 2.35. The maximum absolute atomic E-state index is 14.7. The molecule has 1 aromatic carbocycles. The van der Waals surface area contributed by atoms with Gasteiger partial charge in [-0.05, 0) is 55.7 Å². The largest absolute Gasteiger partial charge is 0.444 e. The van der Waals surface area contributed by atoms with Gasteiger partial charge in [-0.1, -0.05) is 37.3 Å². The number of allylic oxidation sites excluding steroid dienone is 3. The molecule has 1 aliphatic rings. The lowest BCUT2D eigenvalue weighted by Crippen LogP contribution is -2.34. The molecule has 0 saturated carbocycles. The van der Waals surface area contributed by atoms with Crippen LogP contribution in [0.2, 0.25) is 0 Å². The lowest BCUT2D eigenvalue weighted by atomic mass is 10.0. The second kappa shape index (κ2) is 10.00. The molecule has 2 unspecified atom stereocenters. The molecule has 0 bridgehead atoms. The van der Waals surface area contributed by atoms with E-state index in [1.54, 1.807) is 64.2 Å². The van der Waals surface area contributed by atoms with E-state index < -0.39 is 32.8 Å². The highest BCUT2D eigenvalue weighted by molar-refractivity contribution is 8.02. The molecule has 6 nitrogen and oxygen atoms in total. The molecule has 9 heteroatoms. The molecule has 34 heavy (non-hydrogen) atoms. The zero-order chi connectivity index (χ0) is 25.3. The number of halogens is 1. The van der Waals surface area contributed by atoms with E-state index in [1.807, 2.05) is 19.3 Å². The summed E-state index contributed by atoms with van der Waals surface area (Å²) in [4.78, 5) is 14.8. The second-order valence-corrected chi connectivity index (χ2v) is 12.1. The van der Waals surface area contributed by atoms with E-state index in [-0.39, 0.29) is 23.7 Å². The van der Waals surface area contributed by atoms with Crippen LogP contribution in [0, 0.1) is 11.7 Å². The number of rotatable bonds is 6. The number of carbonyl (C=O) groups excluding carboxylic acids is 1. The lowest BCUT2D eigenvalue weighted by molar-refractivity contribution is 0.0285. The highest BCUT2D eigenvalue weighted by Gasteiger charge is 2.35. The third-order valence-corrected chi connectivity index (χ3v) is 8.56. The number of thioether (sulfide) groups is 1. The first-order valence-electron chi connectivity index (χ1n) is 10.9. The standard InChI is InChI=1S/C25H31FN2O4S2/c1-17-22(33-6)12-9-13-23(17)34(30,31)28-16-18(15-27(5)24(29)32-25(2,3)4)14-21(28)19-10-7-8-11-20(19)26/h7-14,16-17,23H,15H2,1-6H3. The van der Waals surface area contributed by atoms with E-state index in [4.69, 9.17) is 4.74 Å². The molecule has 0 fully saturated rings. The van der Waals surface area contributed by atoms with Crippen LogP contribution in [-0.4, -0.2) is 47.5 Å². The predicted octanol–water partition coefficient (Wildman–Crippen LogP) is 5.66. The lowest BCUT2D eigenvalue weighted by Gasteiger charge is -2.26. The average molecular weight is 507 g/mol. The summed E-state index contributed by atoms with van der Waals surface area (Å²) in [5.74, 6) is -0.783. The summed E-state index contributed by atoms with van der Waals surface area (Å²) in [6, 6.07) is 7.67. The van der Waals surface area contributed by atoms with Gasteiger partial charge in [0, 0.05) is 24.7 Å². The number of aromatic nitrogens is 1. The van der Waals surface area contributed by atoms with Crippen molar-refractivity contribution in [1.29, 1.82) is 0 Å². The summed E-state index contributed by atoms with van der Waals surface area (Å²) in [5.41, 5.74) is 0.269. The van der Waals surface area contributed by atoms with Crippen LogP contribution in [0.1, 0.15) is 33.3 Å². The molecule has 0 radical (unpaired) electrons. The Morgan fingerprint density at radius 2 is 1.94 bits per heavy atom. The summed E-state index contributed by atoms with van der Waals surface area (Å²) in [7, 11) is -2.37. The first-order chi connectivity index (χ1) is 15.8. The first kappa shape index (κ1) is 26.1. The predicted molar refractivity (Wildman–Crippen MR) is 136 cm³/mol. The fraction of sp³-hybridized carbons (Fsp3) is 0.400. The Morgan fingerprint density at radius 1 is 1.26 bits per heavy atom. The van der Waals surface area contributed by atoms with Gasteiger partial charge < -0.3 is 9.64 Å². The minimum atomic E-state index is -3.94. The molecule has 1 amide bonds. The molecule has 1 aromatic heterocycles. The Balaban J connectivity index is 2.05. The number of nitrogens with zero attached hydrogens (tertiary/aromatic N) is 2. The summed E-state index contributed by atoms with van der Waals surface area (Å²) in [5, 5.41) is -0.811. The van der Waals surface area contributed by atoms with Crippen LogP contribution in [0.15, 0.2) is 59.7 Å². The molecular formula is C25H31FN2O4S2. The highest BCUT2D eigenvalue weighted by atomic mass is 32.2. The van der Waals surface area contributed by atoms with Crippen LogP contribution in [0.3, 0.4) is 0 Å². The van der Waals surface area contributed by atoms with Gasteiger partial charge in [-0.15, -0.1) is 11.8 Å². The number of ether oxygens (including phenoxy) is 1. The molecule has 0 N–H and O–H groups in total. The van der Waals surface area contributed by atoms with Gasteiger partial charge in [0.15, 0.2) is 0 Å². The minimum Gasteiger partial charge on any atom is -0.444 e. The van der Waals surface area contributed by atoms with Crippen LogP contribution in [-0.2, 0) is 21.3 Å². The van der Waals surface area contributed by atoms with Gasteiger partial charge in [-0.2, -0.15) is 0 Å². The van der Waals surface area contributed by atoms with Crippen molar-refractivity contribution in [3.05, 3.63) is 71.0 Å². The fourth-order valence-electron chi connectivity index (χ4n) is 3.82. The van der Waals surface area contributed by atoms with Crippen molar-refractivity contribution in [3.63, 3.8) is 0 Å².